The summed E-state index contributed by atoms with van der Waals surface area (Å²) in [5.41, 5.74) is -0.377. The summed E-state index contributed by atoms with van der Waals surface area (Å²) in [7, 11) is 3.18. The van der Waals surface area contributed by atoms with Gasteiger partial charge in [0.15, 0.2) is 0 Å². The molecule has 1 aromatic rings. The van der Waals surface area contributed by atoms with Gasteiger partial charge in [0.2, 0.25) is 0 Å². The third kappa shape index (κ3) is 2.22. The van der Waals surface area contributed by atoms with E-state index in [1.54, 1.807) is 7.11 Å². The zero-order chi connectivity index (χ0) is 21.5. The molecule has 30 heavy (non-hydrogen) atoms. The highest BCUT2D eigenvalue weighted by atomic mass is 16.5. The molecule has 3 amide bonds. The third-order valence-electron chi connectivity index (χ3n) is 8.51. The Morgan fingerprint density at radius 3 is 2.70 bits per heavy atom. The molecule has 0 radical (unpaired) electrons. The molecular weight excluding hydrogens is 382 g/mol. The van der Waals surface area contributed by atoms with Crippen LogP contribution in [0.3, 0.4) is 0 Å². The smallest absolute Gasteiger partial charge is 0.324 e. The SMILES string of the molecule is CCN1CC2C[C@]3(c4cc(OC)ccc4C)C[C@]4(CC[C@@]3(O)[C@@H]21)NC(=O)N(C)C4=O. The molecule has 7 heteroatoms. The van der Waals surface area contributed by atoms with Crippen molar-refractivity contribution in [3.05, 3.63) is 29.3 Å². The van der Waals surface area contributed by atoms with E-state index >= 15 is 0 Å². The fourth-order valence-corrected chi connectivity index (χ4v) is 7.12. The summed E-state index contributed by atoms with van der Waals surface area (Å²) in [5, 5.41) is 15.3. The largest absolute Gasteiger partial charge is 0.497 e. The summed E-state index contributed by atoms with van der Waals surface area (Å²) in [6.45, 7) is 6.07. The number of urea groups is 1. The van der Waals surface area contributed by atoms with Crippen molar-refractivity contribution in [3.63, 3.8) is 0 Å². The monoisotopic (exact) mass is 413 g/mol. The van der Waals surface area contributed by atoms with Crippen LogP contribution in [0.25, 0.3) is 0 Å². The molecule has 0 bridgehead atoms. The van der Waals surface area contributed by atoms with E-state index in [-0.39, 0.29) is 18.0 Å². The summed E-state index contributed by atoms with van der Waals surface area (Å²) in [4.78, 5) is 29.1. The quantitative estimate of drug-likeness (QED) is 0.739. The number of aryl methyl sites for hydroxylation is 1. The minimum atomic E-state index is -0.950. The Labute approximate surface area is 177 Å². The number of carbonyl (C=O) groups is 2. The average molecular weight is 414 g/mol. The van der Waals surface area contributed by atoms with Crippen molar-refractivity contribution in [3.8, 4) is 5.75 Å². The van der Waals surface area contributed by atoms with Crippen LogP contribution >= 0.6 is 0 Å². The molecule has 5 rings (SSSR count). The molecule has 2 saturated carbocycles. The van der Waals surface area contributed by atoms with Crippen molar-refractivity contribution >= 4 is 11.9 Å². The number of nitrogens with zero attached hydrogens (tertiary/aromatic N) is 2. The first-order valence-electron chi connectivity index (χ1n) is 10.9. The van der Waals surface area contributed by atoms with Gasteiger partial charge in [0, 0.05) is 25.0 Å². The number of imide groups is 1. The molecule has 7 nitrogen and oxygen atoms in total. The van der Waals surface area contributed by atoms with Gasteiger partial charge in [-0.25, -0.2) is 4.79 Å². The Balaban J connectivity index is 1.69. The lowest BCUT2D eigenvalue weighted by atomic mass is 9.55. The number of hydrogen-bond acceptors (Lipinski definition) is 5. The number of likely N-dealkylation sites (tertiary alicyclic amines) is 1. The Bertz CT molecular complexity index is 935. The van der Waals surface area contributed by atoms with Crippen LogP contribution in [0.4, 0.5) is 4.79 Å². The maximum atomic E-state index is 13.2. The van der Waals surface area contributed by atoms with Crippen LogP contribution in [0.5, 0.6) is 5.75 Å². The van der Waals surface area contributed by atoms with Crippen LogP contribution in [-0.2, 0) is 10.2 Å². The molecule has 4 aliphatic rings. The molecular formula is C23H31N3O4. The fraction of sp³-hybridized carbons (Fsp3) is 0.652. The minimum Gasteiger partial charge on any atom is -0.497 e. The van der Waals surface area contributed by atoms with E-state index in [2.05, 4.69) is 24.1 Å². The lowest BCUT2D eigenvalue weighted by Crippen LogP contribution is -2.70. The highest BCUT2D eigenvalue weighted by Gasteiger charge is 2.74. The number of carbonyl (C=O) groups excluding carboxylic acids is 2. The summed E-state index contributed by atoms with van der Waals surface area (Å²) < 4.78 is 5.53. The average Bonchev–Trinajstić information content (AvgIpc) is 3.03. The van der Waals surface area contributed by atoms with Crippen molar-refractivity contribution < 1.29 is 19.4 Å². The van der Waals surface area contributed by atoms with E-state index in [0.717, 1.165) is 36.4 Å². The van der Waals surface area contributed by atoms with Crippen LogP contribution in [0.2, 0.25) is 0 Å². The predicted molar refractivity (Wildman–Crippen MR) is 111 cm³/mol. The van der Waals surface area contributed by atoms with Crippen molar-refractivity contribution in [2.45, 2.75) is 62.1 Å². The molecule has 2 heterocycles. The number of benzene rings is 1. The van der Waals surface area contributed by atoms with Gasteiger partial charge in [0.1, 0.15) is 11.3 Å². The molecule has 2 saturated heterocycles. The molecule has 4 fully saturated rings. The predicted octanol–water partition coefficient (Wildman–Crippen LogP) is 1.80. The van der Waals surface area contributed by atoms with Gasteiger partial charge in [0.05, 0.1) is 12.7 Å². The lowest BCUT2D eigenvalue weighted by Gasteiger charge is -2.57. The normalized spacial score (nSPS) is 40.2. The maximum Gasteiger partial charge on any atom is 0.324 e. The van der Waals surface area contributed by atoms with E-state index in [1.807, 2.05) is 18.2 Å². The van der Waals surface area contributed by atoms with Crippen molar-refractivity contribution in [2.24, 2.45) is 5.92 Å². The highest BCUT2D eigenvalue weighted by molar-refractivity contribution is 6.07. The first-order chi connectivity index (χ1) is 14.2. The van der Waals surface area contributed by atoms with E-state index in [9.17, 15) is 14.7 Å². The van der Waals surface area contributed by atoms with E-state index in [4.69, 9.17) is 4.74 Å². The standard InChI is InChI=1S/C23H31N3O4/c1-5-26-12-15-11-21(17-10-16(30-4)7-6-14(17)2)13-22(8-9-23(21,29)18(15)26)19(27)25(3)20(28)24-22/h6-7,10,15,18,29H,5,8-9,11-13H2,1-4H3,(H,24,28)/t15?,18-,21-,22+,23-/m1/s1. The molecule has 1 aromatic carbocycles. The zero-order valence-corrected chi connectivity index (χ0v) is 18.2. The van der Waals surface area contributed by atoms with Crippen LogP contribution in [-0.4, -0.2) is 71.3 Å². The molecule has 0 aromatic heterocycles. The van der Waals surface area contributed by atoms with Gasteiger partial charge in [-0.2, -0.15) is 0 Å². The van der Waals surface area contributed by atoms with Crippen LogP contribution in [0.1, 0.15) is 43.7 Å². The molecule has 162 valence electrons. The second-order valence-corrected chi connectivity index (χ2v) is 9.74. The first kappa shape index (κ1) is 19.8. The van der Waals surface area contributed by atoms with Crippen LogP contribution < -0.4 is 10.1 Å². The van der Waals surface area contributed by atoms with Gasteiger partial charge in [-0.3, -0.25) is 14.6 Å². The number of aliphatic hydroxyl groups is 1. The number of likely N-dealkylation sites (N-methyl/N-ethyl adjacent to an activating group) is 2. The summed E-state index contributed by atoms with van der Waals surface area (Å²) in [6, 6.07) is 5.75. The number of amides is 3. The lowest BCUT2D eigenvalue weighted by molar-refractivity contribution is -0.150. The van der Waals surface area contributed by atoms with Crippen LogP contribution in [0, 0.1) is 12.8 Å². The molecule has 1 unspecified atom stereocenters. The van der Waals surface area contributed by atoms with Crippen molar-refractivity contribution in [2.75, 3.05) is 27.2 Å². The van der Waals surface area contributed by atoms with Gasteiger partial charge in [-0.1, -0.05) is 13.0 Å². The Morgan fingerprint density at radius 2 is 2.07 bits per heavy atom. The highest BCUT2D eigenvalue weighted by Crippen LogP contribution is 2.65. The Morgan fingerprint density at radius 1 is 1.30 bits per heavy atom. The number of hydrogen-bond donors (Lipinski definition) is 2. The minimum absolute atomic E-state index is 0.0930. The van der Waals surface area contributed by atoms with Gasteiger partial charge in [-0.05, 0) is 68.3 Å². The molecule has 1 spiro atoms. The first-order valence-corrected chi connectivity index (χ1v) is 10.9. The van der Waals surface area contributed by atoms with Gasteiger partial charge < -0.3 is 15.2 Å². The molecule has 2 aliphatic carbocycles. The third-order valence-corrected chi connectivity index (χ3v) is 8.51. The molecule has 2 N–H and O–H groups in total. The van der Waals surface area contributed by atoms with Gasteiger partial charge in [0.25, 0.3) is 5.91 Å². The molecule has 5 atom stereocenters. The van der Waals surface area contributed by atoms with E-state index < -0.39 is 16.6 Å². The van der Waals surface area contributed by atoms with E-state index in [1.165, 1.54) is 11.9 Å². The Kier molecular flexibility index (Phi) is 4.10. The number of nitrogens with one attached hydrogen (secondary N) is 1. The zero-order valence-electron chi connectivity index (χ0n) is 18.2. The maximum absolute atomic E-state index is 13.2. The fourth-order valence-electron chi connectivity index (χ4n) is 7.12. The summed E-state index contributed by atoms with van der Waals surface area (Å²) in [5.74, 6) is 0.958. The van der Waals surface area contributed by atoms with E-state index in [0.29, 0.717) is 25.2 Å². The Hall–Kier alpha value is -2.12. The topological polar surface area (TPSA) is 82.1 Å². The summed E-state index contributed by atoms with van der Waals surface area (Å²) >= 11 is 0. The van der Waals surface area contributed by atoms with Crippen molar-refractivity contribution in [1.29, 1.82) is 0 Å². The van der Waals surface area contributed by atoms with Crippen LogP contribution in [0.15, 0.2) is 18.2 Å². The number of ether oxygens (including phenoxy) is 1. The molecule has 2 aliphatic heterocycles. The van der Waals surface area contributed by atoms with Gasteiger partial charge >= 0.3 is 6.03 Å². The summed E-state index contributed by atoms with van der Waals surface area (Å²) in [6.07, 6.45) is 2.18. The van der Waals surface area contributed by atoms with Gasteiger partial charge in [-0.15, -0.1) is 0 Å². The number of fused-ring (bicyclic) bond motifs is 3. The van der Waals surface area contributed by atoms with Crippen molar-refractivity contribution in [1.82, 2.24) is 15.1 Å². The number of methoxy groups -OCH3 is 1. The number of rotatable bonds is 3. The second kappa shape index (κ2) is 6.20. The second-order valence-electron chi connectivity index (χ2n) is 9.74.